The zero-order chi connectivity index (χ0) is 27.6. The van der Waals surface area contributed by atoms with Crippen molar-refractivity contribution in [1.82, 2.24) is 20.5 Å². The van der Waals surface area contributed by atoms with Gasteiger partial charge in [-0.2, -0.15) is 5.10 Å². The largest absolute Gasteiger partial charge is 0.493 e. The molecule has 1 aromatic carbocycles. The third-order valence-electron chi connectivity index (χ3n) is 6.10. The van der Waals surface area contributed by atoms with Crippen molar-refractivity contribution in [3.05, 3.63) is 46.7 Å². The number of hydrogen-bond donors (Lipinski definition) is 3. The fourth-order valence-electron chi connectivity index (χ4n) is 4.48. The first-order chi connectivity index (χ1) is 18.0. The lowest BCUT2D eigenvalue weighted by Crippen LogP contribution is -2.34. The molecule has 9 nitrogen and oxygen atoms in total. The molecule has 4 rings (SSSR count). The van der Waals surface area contributed by atoms with Gasteiger partial charge in [0.05, 0.1) is 23.9 Å². The first kappa shape index (κ1) is 27.3. The van der Waals surface area contributed by atoms with Gasteiger partial charge in [-0.05, 0) is 58.6 Å². The number of halogens is 2. The van der Waals surface area contributed by atoms with Gasteiger partial charge in [-0.3, -0.25) is 5.10 Å². The smallest absolute Gasteiger partial charge is 0.408 e. The van der Waals surface area contributed by atoms with Gasteiger partial charge in [-0.15, -0.1) is 0 Å². The predicted octanol–water partition coefficient (Wildman–Crippen LogP) is 5.22. The number of amides is 1. The van der Waals surface area contributed by atoms with Crippen LogP contribution in [-0.2, 0) is 22.3 Å². The van der Waals surface area contributed by atoms with Gasteiger partial charge in [0.15, 0.2) is 0 Å². The normalized spacial score (nSPS) is 13.8. The Kier molecular flexibility index (Phi) is 7.86. The zero-order valence-electron chi connectivity index (χ0n) is 22.1. The summed E-state index contributed by atoms with van der Waals surface area (Å²) in [5.41, 5.74) is 2.13. The molecular weight excluding hydrogens is 498 g/mol. The Morgan fingerprint density at radius 1 is 1.16 bits per heavy atom. The molecule has 3 aromatic rings. The number of benzene rings is 1. The lowest BCUT2D eigenvalue weighted by atomic mass is 9.93. The fraction of sp³-hybridized carbons (Fsp3) is 0.444. The molecule has 38 heavy (non-hydrogen) atoms. The number of aromatic nitrogens is 3. The van der Waals surface area contributed by atoms with E-state index in [0.717, 1.165) is 18.6 Å². The van der Waals surface area contributed by atoms with Crippen molar-refractivity contribution in [2.24, 2.45) is 0 Å². The summed E-state index contributed by atoms with van der Waals surface area (Å²) in [6.07, 6.45) is 1.29. The maximum absolute atomic E-state index is 15.5. The van der Waals surface area contributed by atoms with Crippen LogP contribution in [0.2, 0.25) is 0 Å². The summed E-state index contributed by atoms with van der Waals surface area (Å²) in [7, 11) is 1.50. The van der Waals surface area contributed by atoms with E-state index in [2.05, 4.69) is 20.5 Å². The van der Waals surface area contributed by atoms with Gasteiger partial charge in [0.1, 0.15) is 41.0 Å². The molecule has 0 fully saturated rings. The average molecular weight is 531 g/mol. The lowest BCUT2D eigenvalue weighted by Gasteiger charge is -2.21. The standard InChI is InChI=1S/C27H32F2N4O5/c1-14(30-26(35)38-27(2,3)4)19-13-20(33-32-19)24-22(16-7-6-8-17(16)25(34)31-24)23-18(29)11-15(28)12-21(23)37-10-9-36-5/h11-14H,6-10H2,1-5H3,(H,30,35)(H,31,34)(H,32,33)/t14-/m1/s1. The van der Waals surface area contributed by atoms with E-state index in [0.29, 0.717) is 40.9 Å². The van der Waals surface area contributed by atoms with Crippen LogP contribution in [0.3, 0.4) is 0 Å². The number of carbonyl (C=O) groups is 1. The molecule has 0 saturated carbocycles. The number of hydrogen-bond acceptors (Lipinski definition) is 7. The molecule has 3 N–H and O–H groups in total. The van der Waals surface area contributed by atoms with E-state index in [1.54, 1.807) is 33.8 Å². The number of carbonyl (C=O) groups excluding carboxylic acids is 1. The molecule has 2 heterocycles. The van der Waals surface area contributed by atoms with Crippen LogP contribution >= 0.6 is 0 Å². The number of H-pyrrole nitrogens is 1. The number of aromatic amines is 1. The highest BCUT2D eigenvalue weighted by molar-refractivity contribution is 5.87. The van der Waals surface area contributed by atoms with Gasteiger partial charge in [0.25, 0.3) is 0 Å². The summed E-state index contributed by atoms with van der Waals surface area (Å²) in [4.78, 5) is 16.6. The van der Waals surface area contributed by atoms with E-state index in [-0.39, 0.29) is 36.1 Å². The van der Waals surface area contributed by atoms with Crippen molar-refractivity contribution < 1.29 is 32.9 Å². The minimum absolute atomic E-state index is 0.00175. The van der Waals surface area contributed by atoms with Crippen LogP contribution in [-0.4, -0.2) is 52.3 Å². The number of rotatable bonds is 8. The van der Waals surface area contributed by atoms with Crippen LogP contribution in [0, 0.1) is 11.6 Å². The molecule has 0 bridgehead atoms. The minimum Gasteiger partial charge on any atom is -0.493 e. The molecule has 0 unspecified atom stereocenters. The molecule has 0 radical (unpaired) electrons. The van der Waals surface area contributed by atoms with Crippen molar-refractivity contribution >= 4 is 6.09 Å². The van der Waals surface area contributed by atoms with Crippen molar-refractivity contribution in [2.45, 2.75) is 58.6 Å². The number of nitrogens with zero attached hydrogens (tertiary/aromatic N) is 2. The number of pyridine rings is 1. The van der Waals surface area contributed by atoms with Gasteiger partial charge in [-0.25, -0.2) is 18.6 Å². The highest BCUT2D eigenvalue weighted by Gasteiger charge is 2.30. The maximum atomic E-state index is 15.5. The molecule has 1 atom stereocenters. The number of methoxy groups -OCH3 is 1. The van der Waals surface area contributed by atoms with Crippen LogP contribution < -0.4 is 10.1 Å². The molecule has 0 saturated heterocycles. The topological polar surface area (TPSA) is 119 Å². The van der Waals surface area contributed by atoms with Crippen molar-refractivity contribution in [1.29, 1.82) is 0 Å². The Hall–Kier alpha value is -3.73. The summed E-state index contributed by atoms with van der Waals surface area (Å²) >= 11 is 0. The predicted molar refractivity (Wildman–Crippen MR) is 136 cm³/mol. The quantitative estimate of drug-likeness (QED) is 0.342. The summed E-state index contributed by atoms with van der Waals surface area (Å²) < 4.78 is 45.7. The second-order valence-corrected chi connectivity index (χ2v) is 10.1. The minimum atomic E-state index is -0.823. The molecule has 1 aliphatic carbocycles. The highest BCUT2D eigenvalue weighted by Crippen LogP contribution is 2.46. The lowest BCUT2D eigenvalue weighted by molar-refractivity contribution is 0.0507. The van der Waals surface area contributed by atoms with E-state index in [1.807, 2.05) is 0 Å². The van der Waals surface area contributed by atoms with Gasteiger partial charge < -0.3 is 24.6 Å². The van der Waals surface area contributed by atoms with Crippen LogP contribution in [0.1, 0.15) is 57.0 Å². The second-order valence-electron chi connectivity index (χ2n) is 10.1. The molecule has 11 heteroatoms. The van der Waals surface area contributed by atoms with Gasteiger partial charge in [0, 0.05) is 30.4 Å². The first-order valence-corrected chi connectivity index (χ1v) is 12.4. The number of ether oxygens (including phenoxy) is 3. The van der Waals surface area contributed by atoms with Crippen LogP contribution in [0.4, 0.5) is 13.6 Å². The van der Waals surface area contributed by atoms with Gasteiger partial charge in [-0.1, -0.05) is 0 Å². The third-order valence-corrected chi connectivity index (χ3v) is 6.10. The van der Waals surface area contributed by atoms with Crippen molar-refractivity contribution in [3.8, 4) is 34.1 Å². The monoisotopic (exact) mass is 530 g/mol. The SMILES string of the molecule is COCCOc1cc(F)cc(F)c1-c1c(-c2cc([C@@H](C)NC(=O)OC(C)(C)C)[nH]n2)nc(O)c2c1CCC2. The summed E-state index contributed by atoms with van der Waals surface area (Å²) in [6, 6.07) is 3.06. The Labute approximate surface area is 219 Å². The van der Waals surface area contributed by atoms with Gasteiger partial charge in [0.2, 0.25) is 5.88 Å². The van der Waals surface area contributed by atoms with Crippen LogP contribution in [0.15, 0.2) is 18.2 Å². The molecular formula is C27H32F2N4O5. The summed E-state index contributed by atoms with van der Waals surface area (Å²) in [5, 5.41) is 20.7. The van der Waals surface area contributed by atoms with Crippen LogP contribution in [0.5, 0.6) is 11.6 Å². The van der Waals surface area contributed by atoms with E-state index < -0.39 is 29.4 Å². The van der Waals surface area contributed by atoms with Crippen LogP contribution in [0.25, 0.3) is 22.5 Å². The Morgan fingerprint density at radius 3 is 2.61 bits per heavy atom. The van der Waals surface area contributed by atoms with Crippen molar-refractivity contribution in [3.63, 3.8) is 0 Å². The molecule has 1 aliphatic rings. The Balaban J connectivity index is 1.79. The number of nitrogens with one attached hydrogen (secondary N) is 2. The van der Waals surface area contributed by atoms with E-state index in [1.165, 1.54) is 7.11 Å². The summed E-state index contributed by atoms with van der Waals surface area (Å²) in [6.45, 7) is 7.34. The first-order valence-electron chi connectivity index (χ1n) is 12.4. The van der Waals surface area contributed by atoms with E-state index in [4.69, 9.17) is 14.2 Å². The van der Waals surface area contributed by atoms with E-state index >= 15 is 4.39 Å². The zero-order valence-corrected chi connectivity index (χ0v) is 22.1. The average Bonchev–Trinajstić information content (AvgIpc) is 3.49. The summed E-state index contributed by atoms with van der Waals surface area (Å²) in [5.74, 6) is -1.77. The highest BCUT2D eigenvalue weighted by atomic mass is 19.1. The van der Waals surface area contributed by atoms with E-state index in [9.17, 15) is 14.3 Å². The molecule has 2 aromatic heterocycles. The molecule has 1 amide bonds. The van der Waals surface area contributed by atoms with Crippen molar-refractivity contribution in [2.75, 3.05) is 20.3 Å². The number of aromatic hydroxyl groups is 1. The molecule has 0 aliphatic heterocycles. The number of fused-ring (bicyclic) bond motifs is 1. The fourth-order valence-corrected chi connectivity index (χ4v) is 4.48. The number of alkyl carbamates (subject to hydrolysis) is 1. The molecule has 204 valence electrons. The third kappa shape index (κ3) is 5.88. The molecule has 0 spiro atoms. The van der Waals surface area contributed by atoms with Gasteiger partial charge >= 0.3 is 6.09 Å². The Bertz CT molecular complexity index is 1340. The maximum Gasteiger partial charge on any atom is 0.408 e. The Morgan fingerprint density at radius 2 is 1.89 bits per heavy atom. The second kappa shape index (κ2) is 10.9.